The van der Waals surface area contributed by atoms with Crippen molar-refractivity contribution in [1.82, 2.24) is 20.0 Å². The lowest BCUT2D eigenvalue weighted by molar-refractivity contribution is -0.142. The van der Waals surface area contributed by atoms with E-state index < -0.39 is 0 Å². The number of rotatable bonds is 3. The molecule has 0 unspecified atom stereocenters. The summed E-state index contributed by atoms with van der Waals surface area (Å²) in [6.07, 6.45) is 5.18. The average Bonchev–Trinajstić information content (AvgIpc) is 3.33. The van der Waals surface area contributed by atoms with Crippen LogP contribution in [0, 0.1) is 13.8 Å². The normalized spacial score (nSPS) is 21.3. The van der Waals surface area contributed by atoms with Gasteiger partial charge < -0.3 is 14.2 Å². The number of hydrogen-bond acceptors (Lipinski definition) is 6. The van der Waals surface area contributed by atoms with Crippen molar-refractivity contribution in [2.24, 2.45) is 0 Å². The van der Waals surface area contributed by atoms with Gasteiger partial charge in [0, 0.05) is 37.9 Å². The lowest BCUT2D eigenvalue weighted by Gasteiger charge is -2.33. The number of carbonyl (C=O) groups is 1. The molecular weight excluding hydrogens is 332 g/mol. The largest absolute Gasteiger partial charge is 0.368 e. The van der Waals surface area contributed by atoms with E-state index in [0.717, 1.165) is 61.5 Å². The van der Waals surface area contributed by atoms with Crippen molar-refractivity contribution in [2.45, 2.75) is 51.6 Å². The molecule has 0 saturated carbocycles. The molecule has 0 aromatic carbocycles. The van der Waals surface area contributed by atoms with Crippen LogP contribution in [0.1, 0.15) is 48.8 Å². The fourth-order valence-corrected chi connectivity index (χ4v) is 3.83. The maximum Gasteiger partial charge on any atom is 0.251 e. The number of aromatic nitrogens is 3. The van der Waals surface area contributed by atoms with Crippen LogP contribution in [0.4, 0.5) is 0 Å². The predicted molar refractivity (Wildman–Crippen MR) is 94.5 cm³/mol. The van der Waals surface area contributed by atoms with Gasteiger partial charge in [0.2, 0.25) is 0 Å². The third kappa shape index (κ3) is 3.35. The van der Waals surface area contributed by atoms with E-state index in [9.17, 15) is 4.79 Å². The number of piperidine rings is 1. The number of amides is 1. The summed E-state index contributed by atoms with van der Waals surface area (Å²) in [7, 11) is 0. The first-order chi connectivity index (χ1) is 12.6. The second-order valence-electron chi connectivity index (χ2n) is 7.15. The van der Waals surface area contributed by atoms with E-state index in [-0.39, 0.29) is 17.9 Å². The minimum absolute atomic E-state index is 0.144. The Balaban J connectivity index is 1.50. The Labute approximate surface area is 152 Å². The third-order valence-electron chi connectivity index (χ3n) is 5.23. The van der Waals surface area contributed by atoms with Crippen molar-refractivity contribution < 1.29 is 14.1 Å². The SMILES string of the molecule is Cc1cc(-c2cnc(C)nc2C2CCN(C(=O)[C@H]3CCCO3)CC2)on1. The molecule has 7 heteroatoms. The molecule has 0 spiro atoms. The molecule has 2 aliphatic rings. The van der Waals surface area contributed by atoms with Crippen LogP contribution in [-0.4, -0.2) is 51.7 Å². The lowest BCUT2D eigenvalue weighted by Crippen LogP contribution is -2.43. The van der Waals surface area contributed by atoms with Gasteiger partial charge >= 0.3 is 0 Å². The van der Waals surface area contributed by atoms with Crippen molar-refractivity contribution >= 4 is 5.91 Å². The molecular formula is C19H24N4O3. The summed E-state index contributed by atoms with van der Waals surface area (Å²) in [5, 5.41) is 3.98. The highest BCUT2D eigenvalue weighted by molar-refractivity contribution is 5.81. The first-order valence-electron chi connectivity index (χ1n) is 9.29. The molecule has 1 amide bonds. The predicted octanol–water partition coefficient (Wildman–Crippen LogP) is 2.63. The highest BCUT2D eigenvalue weighted by Gasteiger charge is 2.32. The fourth-order valence-electron chi connectivity index (χ4n) is 3.83. The summed E-state index contributed by atoms with van der Waals surface area (Å²) in [6, 6.07) is 1.91. The zero-order chi connectivity index (χ0) is 18.1. The summed E-state index contributed by atoms with van der Waals surface area (Å²) in [6.45, 7) is 5.97. The molecule has 1 atom stereocenters. The summed E-state index contributed by atoms with van der Waals surface area (Å²) >= 11 is 0. The second kappa shape index (κ2) is 7.15. The van der Waals surface area contributed by atoms with Crippen LogP contribution in [0.25, 0.3) is 11.3 Å². The van der Waals surface area contributed by atoms with Crippen LogP contribution < -0.4 is 0 Å². The minimum Gasteiger partial charge on any atom is -0.368 e. The molecule has 4 rings (SSSR count). The Hall–Kier alpha value is -2.28. The molecule has 0 bridgehead atoms. The van der Waals surface area contributed by atoms with Crippen molar-refractivity contribution in [3.63, 3.8) is 0 Å². The zero-order valence-electron chi connectivity index (χ0n) is 15.3. The van der Waals surface area contributed by atoms with Crippen LogP contribution in [0.5, 0.6) is 0 Å². The number of aryl methyl sites for hydroxylation is 2. The topological polar surface area (TPSA) is 81.4 Å². The number of carbonyl (C=O) groups excluding carboxylic acids is 1. The van der Waals surface area contributed by atoms with Crippen molar-refractivity contribution in [2.75, 3.05) is 19.7 Å². The van der Waals surface area contributed by atoms with E-state index >= 15 is 0 Å². The highest BCUT2D eigenvalue weighted by atomic mass is 16.5. The quantitative estimate of drug-likeness (QED) is 0.841. The number of hydrogen-bond donors (Lipinski definition) is 0. The summed E-state index contributed by atoms with van der Waals surface area (Å²) in [4.78, 5) is 23.5. The van der Waals surface area contributed by atoms with E-state index in [2.05, 4.69) is 10.1 Å². The van der Waals surface area contributed by atoms with Gasteiger partial charge in [-0.3, -0.25) is 4.79 Å². The van der Waals surface area contributed by atoms with Gasteiger partial charge in [-0.15, -0.1) is 0 Å². The van der Waals surface area contributed by atoms with Gasteiger partial charge in [-0.25, -0.2) is 9.97 Å². The van der Waals surface area contributed by atoms with Crippen LogP contribution >= 0.6 is 0 Å². The molecule has 2 saturated heterocycles. The standard InChI is InChI=1S/C19H24N4O3/c1-12-10-17(26-22-12)15-11-20-13(2)21-18(15)14-5-7-23(8-6-14)19(24)16-4-3-9-25-16/h10-11,14,16H,3-9H2,1-2H3/t16-/m1/s1. The highest BCUT2D eigenvalue weighted by Crippen LogP contribution is 2.34. The summed E-state index contributed by atoms with van der Waals surface area (Å²) in [5.74, 6) is 1.88. The summed E-state index contributed by atoms with van der Waals surface area (Å²) < 4.78 is 11.0. The van der Waals surface area contributed by atoms with Gasteiger partial charge in [0.15, 0.2) is 5.76 Å². The van der Waals surface area contributed by atoms with Crippen LogP contribution in [0.15, 0.2) is 16.8 Å². The van der Waals surface area contributed by atoms with Crippen LogP contribution in [0.2, 0.25) is 0 Å². The smallest absolute Gasteiger partial charge is 0.251 e. The fraction of sp³-hybridized carbons (Fsp3) is 0.579. The first-order valence-corrected chi connectivity index (χ1v) is 9.29. The first kappa shape index (κ1) is 17.1. The molecule has 2 fully saturated rings. The molecule has 0 radical (unpaired) electrons. The van der Waals surface area contributed by atoms with Gasteiger partial charge in [0.25, 0.3) is 5.91 Å². The molecule has 4 heterocycles. The second-order valence-corrected chi connectivity index (χ2v) is 7.15. The molecule has 2 aromatic rings. The van der Waals surface area contributed by atoms with Crippen molar-refractivity contribution in [1.29, 1.82) is 0 Å². The number of likely N-dealkylation sites (tertiary alicyclic amines) is 1. The Morgan fingerprint density at radius 2 is 2.04 bits per heavy atom. The monoisotopic (exact) mass is 356 g/mol. The zero-order valence-corrected chi connectivity index (χ0v) is 15.3. The minimum atomic E-state index is -0.236. The lowest BCUT2D eigenvalue weighted by atomic mass is 9.90. The Morgan fingerprint density at radius 1 is 1.23 bits per heavy atom. The van der Waals surface area contributed by atoms with Crippen LogP contribution in [-0.2, 0) is 9.53 Å². The van der Waals surface area contributed by atoms with E-state index in [1.54, 1.807) is 0 Å². The Morgan fingerprint density at radius 3 is 2.69 bits per heavy atom. The number of ether oxygens (including phenoxy) is 1. The molecule has 0 aliphatic carbocycles. The molecule has 0 N–H and O–H groups in total. The molecule has 26 heavy (non-hydrogen) atoms. The van der Waals surface area contributed by atoms with E-state index in [0.29, 0.717) is 12.4 Å². The van der Waals surface area contributed by atoms with Gasteiger partial charge in [0.05, 0.1) is 17.0 Å². The Bertz CT molecular complexity index is 790. The third-order valence-corrected chi connectivity index (χ3v) is 5.23. The van der Waals surface area contributed by atoms with Gasteiger partial charge in [-0.05, 0) is 39.5 Å². The maximum atomic E-state index is 12.5. The molecule has 138 valence electrons. The van der Waals surface area contributed by atoms with Crippen molar-refractivity contribution in [3.8, 4) is 11.3 Å². The van der Waals surface area contributed by atoms with E-state index in [4.69, 9.17) is 14.2 Å². The summed E-state index contributed by atoms with van der Waals surface area (Å²) in [5.41, 5.74) is 2.74. The van der Waals surface area contributed by atoms with Gasteiger partial charge in [-0.1, -0.05) is 5.16 Å². The molecule has 2 aliphatic heterocycles. The van der Waals surface area contributed by atoms with E-state index in [1.165, 1.54) is 0 Å². The molecule has 2 aromatic heterocycles. The van der Waals surface area contributed by atoms with Crippen molar-refractivity contribution in [3.05, 3.63) is 29.5 Å². The maximum absolute atomic E-state index is 12.5. The van der Waals surface area contributed by atoms with E-state index in [1.807, 2.05) is 31.0 Å². The van der Waals surface area contributed by atoms with Gasteiger partial charge in [-0.2, -0.15) is 0 Å². The molecule has 7 nitrogen and oxygen atoms in total. The number of nitrogens with zero attached hydrogens (tertiary/aromatic N) is 4. The van der Waals surface area contributed by atoms with Gasteiger partial charge in [0.1, 0.15) is 11.9 Å². The Kier molecular flexibility index (Phi) is 4.72. The van der Waals surface area contributed by atoms with Crippen LogP contribution in [0.3, 0.4) is 0 Å². The average molecular weight is 356 g/mol.